The van der Waals surface area contributed by atoms with Crippen molar-refractivity contribution in [2.24, 2.45) is 0 Å². The number of nitrogens with zero attached hydrogens (tertiary/aromatic N) is 2. The average Bonchev–Trinajstić information content (AvgIpc) is 2.35. The van der Waals surface area contributed by atoms with E-state index < -0.39 is 0 Å². The van der Waals surface area contributed by atoms with Crippen LogP contribution in [-0.4, -0.2) is 15.5 Å². The van der Waals surface area contributed by atoms with E-state index in [0.29, 0.717) is 15.8 Å². The average molecular weight is 323 g/mol. The van der Waals surface area contributed by atoms with Crippen molar-refractivity contribution in [1.82, 2.24) is 9.55 Å². The Labute approximate surface area is 117 Å². The van der Waals surface area contributed by atoms with Crippen LogP contribution in [0.5, 0.6) is 0 Å². The molecular weight excluding hydrogens is 312 g/mol. The first kappa shape index (κ1) is 13.3. The van der Waals surface area contributed by atoms with Crippen molar-refractivity contribution in [2.75, 3.05) is 11.1 Å². The van der Waals surface area contributed by atoms with Crippen molar-refractivity contribution in [3.05, 3.63) is 51.6 Å². The predicted octanol–water partition coefficient (Wildman–Crippen LogP) is 1.23. The molecule has 0 spiro atoms. The summed E-state index contributed by atoms with van der Waals surface area (Å²) in [5.74, 6) is -0.326. The van der Waals surface area contributed by atoms with Crippen LogP contribution in [0.3, 0.4) is 0 Å². The van der Waals surface area contributed by atoms with E-state index in [1.165, 1.54) is 17.1 Å². The minimum Gasteiger partial charge on any atom is -0.399 e. The van der Waals surface area contributed by atoms with E-state index in [4.69, 9.17) is 5.73 Å². The topological polar surface area (TPSA) is 90.0 Å². The zero-order chi connectivity index (χ0) is 13.8. The van der Waals surface area contributed by atoms with Gasteiger partial charge >= 0.3 is 0 Å². The van der Waals surface area contributed by atoms with Gasteiger partial charge in [-0.25, -0.2) is 4.98 Å². The van der Waals surface area contributed by atoms with E-state index in [-0.39, 0.29) is 18.0 Å². The molecule has 6 nitrogen and oxygen atoms in total. The van der Waals surface area contributed by atoms with Crippen molar-refractivity contribution in [3.8, 4) is 0 Å². The molecule has 19 heavy (non-hydrogen) atoms. The van der Waals surface area contributed by atoms with Gasteiger partial charge in [-0.3, -0.25) is 14.2 Å². The van der Waals surface area contributed by atoms with Crippen LogP contribution in [0.15, 0.2) is 46.1 Å². The highest BCUT2D eigenvalue weighted by Crippen LogP contribution is 2.11. The van der Waals surface area contributed by atoms with E-state index in [0.717, 1.165) is 0 Å². The number of anilines is 2. The van der Waals surface area contributed by atoms with Crippen LogP contribution >= 0.6 is 15.9 Å². The highest BCUT2D eigenvalue weighted by Gasteiger charge is 2.07. The molecule has 2 rings (SSSR count). The van der Waals surface area contributed by atoms with E-state index in [2.05, 4.69) is 26.2 Å². The van der Waals surface area contributed by atoms with E-state index in [9.17, 15) is 9.59 Å². The van der Waals surface area contributed by atoms with Gasteiger partial charge in [0.1, 0.15) is 11.0 Å². The van der Waals surface area contributed by atoms with Crippen molar-refractivity contribution in [2.45, 2.75) is 6.54 Å². The summed E-state index contributed by atoms with van der Waals surface area (Å²) >= 11 is 3.07. The number of nitrogens with two attached hydrogens (primary N) is 1. The summed E-state index contributed by atoms with van der Waals surface area (Å²) in [5, 5.41) is 2.66. The van der Waals surface area contributed by atoms with Crippen LogP contribution in [0.25, 0.3) is 0 Å². The maximum absolute atomic E-state index is 11.8. The molecule has 1 aromatic carbocycles. The molecule has 98 valence electrons. The van der Waals surface area contributed by atoms with Crippen LogP contribution in [0.1, 0.15) is 0 Å². The maximum Gasteiger partial charge on any atom is 0.268 e. The molecule has 0 radical (unpaired) electrons. The largest absolute Gasteiger partial charge is 0.399 e. The summed E-state index contributed by atoms with van der Waals surface area (Å²) in [6.07, 6.45) is 2.70. The number of rotatable bonds is 3. The number of halogens is 1. The van der Waals surface area contributed by atoms with Crippen LogP contribution in [-0.2, 0) is 11.3 Å². The summed E-state index contributed by atoms with van der Waals surface area (Å²) in [5.41, 5.74) is 6.44. The minimum atomic E-state index is -0.326. The molecule has 0 unspecified atom stereocenters. The normalized spacial score (nSPS) is 10.2. The SMILES string of the molecule is Nc1cccc(NC(=O)Cn2cncc(Br)c2=O)c1. The number of carbonyl (C=O) groups excluding carboxylic acids is 1. The lowest BCUT2D eigenvalue weighted by Crippen LogP contribution is -2.28. The zero-order valence-electron chi connectivity index (χ0n) is 9.84. The molecule has 0 bridgehead atoms. The first-order valence-electron chi connectivity index (χ1n) is 5.41. The number of amides is 1. The van der Waals surface area contributed by atoms with Crippen molar-refractivity contribution in [3.63, 3.8) is 0 Å². The zero-order valence-corrected chi connectivity index (χ0v) is 11.4. The molecule has 0 saturated heterocycles. The number of hydrogen-bond acceptors (Lipinski definition) is 4. The first-order chi connectivity index (χ1) is 9.06. The number of nitrogen functional groups attached to an aromatic ring is 1. The number of carbonyl (C=O) groups is 1. The van der Waals surface area contributed by atoms with Gasteiger partial charge < -0.3 is 11.1 Å². The fourth-order valence-electron chi connectivity index (χ4n) is 1.51. The van der Waals surface area contributed by atoms with E-state index in [1.54, 1.807) is 24.3 Å². The summed E-state index contributed by atoms with van der Waals surface area (Å²) < 4.78 is 1.53. The third kappa shape index (κ3) is 3.41. The van der Waals surface area contributed by atoms with Gasteiger partial charge in [0.2, 0.25) is 5.91 Å². The second-order valence-electron chi connectivity index (χ2n) is 3.85. The Bertz CT molecular complexity index is 669. The molecule has 1 heterocycles. The van der Waals surface area contributed by atoms with Crippen LogP contribution < -0.4 is 16.6 Å². The summed E-state index contributed by atoms with van der Waals surface area (Å²) in [6.45, 7) is -0.111. The first-order valence-corrected chi connectivity index (χ1v) is 6.21. The van der Waals surface area contributed by atoms with Gasteiger partial charge in [-0.1, -0.05) is 6.07 Å². The number of nitrogens with one attached hydrogen (secondary N) is 1. The Morgan fingerprint density at radius 3 is 3.00 bits per heavy atom. The molecule has 7 heteroatoms. The van der Waals surface area contributed by atoms with Gasteiger partial charge in [-0.05, 0) is 34.1 Å². The molecule has 1 amide bonds. The Morgan fingerprint density at radius 1 is 1.47 bits per heavy atom. The molecule has 0 atom stereocenters. The van der Waals surface area contributed by atoms with Crippen molar-refractivity contribution < 1.29 is 4.79 Å². The Hall–Kier alpha value is -2.15. The van der Waals surface area contributed by atoms with Crippen LogP contribution in [0.4, 0.5) is 11.4 Å². The van der Waals surface area contributed by atoms with Gasteiger partial charge in [0.15, 0.2) is 0 Å². The van der Waals surface area contributed by atoms with Crippen LogP contribution in [0, 0.1) is 0 Å². The van der Waals surface area contributed by atoms with E-state index in [1.807, 2.05) is 0 Å². The summed E-state index contributed by atoms with van der Waals surface area (Å²) in [6, 6.07) is 6.81. The van der Waals surface area contributed by atoms with Crippen molar-refractivity contribution >= 4 is 33.2 Å². The molecule has 0 aliphatic heterocycles. The van der Waals surface area contributed by atoms with Gasteiger partial charge in [-0.2, -0.15) is 0 Å². The third-order valence-corrected chi connectivity index (χ3v) is 2.89. The lowest BCUT2D eigenvalue weighted by Gasteiger charge is -2.07. The lowest BCUT2D eigenvalue weighted by atomic mass is 10.3. The summed E-state index contributed by atoms with van der Waals surface area (Å²) in [7, 11) is 0. The number of benzene rings is 1. The third-order valence-electron chi connectivity index (χ3n) is 2.34. The second-order valence-corrected chi connectivity index (χ2v) is 4.70. The van der Waals surface area contributed by atoms with E-state index >= 15 is 0 Å². The van der Waals surface area contributed by atoms with Gasteiger partial charge in [-0.15, -0.1) is 0 Å². The lowest BCUT2D eigenvalue weighted by molar-refractivity contribution is -0.116. The number of hydrogen-bond donors (Lipinski definition) is 2. The Balaban J connectivity index is 2.10. The molecular formula is C12H11BrN4O2. The van der Waals surface area contributed by atoms with Gasteiger partial charge in [0.25, 0.3) is 5.56 Å². The highest BCUT2D eigenvalue weighted by molar-refractivity contribution is 9.10. The smallest absolute Gasteiger partial charge is 0.268 e. The molecule has 0 saturated carbocycles. The van der Waals surface area contributed by atoms with Crippen LogP contribution in [0.2, 0.25) is 0 Å². The second kappa shape index (κ2) is 5.66. The fraction of sp³-hybridized carbons (Fsp3) is 0.0833. The Morgan fingerprint density at radius 2 is 2.26 bits per heavy atom. The predicted molar refractivity (Wildman–Crippen MR) is 75.7 cm³/mol. The maximum atomic E-state index is 11.8. The molecule has 2 aromatic rings. The number of aromatic nitrogens is 2. The van der Waals surface area contributed by atoms with Gasteiger partial charge in [0.05, 0.1) is 6.33 Å². The molecule has 0 aliphatic rings. The standard InChI is InChI=1S/C12H11BrN4O2/c13-10-5-15-7-17(12(10)19)6-11(18)16-9-3-1-2-8(14)4-9/h1-5,7H,6,14H2,(H,16,18). The monoisotopic (exact) mass is 322 g/mol. The molecule has 0 fully saturated rings. The minimum absolute atomic E-state index is 0.111. The fourth-order valence-corrected chi connectivity index (χ4v) is 1.85. The van der Waals surface area contributed by atoms with Crippen molar-refractivity contribution in [1.29, 1.82) is 0 Å². The van der Waals surface area contributed by atoms with Gasteiger partial charge in [0, 0.05) is 17.6 Å². The molecule has 3 N–H and O–H groups in total. The molecule has 0 aliphatic carbocycles. The summed E-state index contributed by atoms with van der Waals surface area (Å²) in [4.78, 5) is 27.3. The molecule has 1 aromatic heterocycles. The Kier molecular flexibility index (Phi) is 3.96. The quantitative estimate of drug-likeness (QED) is 0.831. The highest BCUT2D eigenvalue weighted by atomic mass is 79.9.